The minimum absolute atomic E-state index is 0.0965. The molecule has 4 saturated carbocycles. The maximum Gasteiger partial charge on any atom is 0.232 e. The summed E-state index contributed by atoms with van der Waals surface area (Å²) < 4.78 is 0. The zero-order chi connectivity index (χ0) is 17.3. The second-order valence-corrected chi connectivity index (χ2v) is 9.88. The fourth-order valence-electron chi connectivity index (χ4n) is 5.90. The maximum atomic E-state index is 13.0. The molecule has 0 aliphatic heterocycles. The smallest absolute Gasteiger partial charge is 0.232 e. The van der Waals surface area contributed by atoms with Crippen LogP contribution in [0.25, 0.3) is 0 Å². The van der Waals surface area contributed by atoms with E-state index in [0.29, 0.717) is 5.13 Å². The summed E-state index contributed by atoms with van der Waals surface area (Å²) in [4.78, 5) is 13.0. The lowest BCUT2D eigenvalue weighted by Gasteiger charge is -2.55. The van der Waals surface area contributed by atoms with Gasteiger partial charge in [0, 0.05) is 6.42 Å². The van der Waals surface area contributed by atoms with Gasteiger partial charge >= 0.3 is 0 Å². The molecule has 4 aliphatic carbocycles. The number of amides is 1. The zero-order valence-electron chi connectivity index (χ0n) is 15.4. The molecule has 4 nitrogen and oxygen atoms in total. The number of nitrogens with zero attached hydrogens (tertiary/aromatic N) is 2. The van der Waals surface area contributed by atoms with Crippen LogP contribution >= 0.6 is 11.3 Å². The van der Waals surface area contributed by atoms with E-state index in [1.165, 1.54) is 51.4 Å². The molecule has 0 aromatic carbocycles. The predicted octanol–water partition coefficient (Wildman–Crippen LogP) is 5.21. The van der Waals surface area contributed by atoms with Crippen molar-refractivity contribution in [2.75, 3.05) is 5.32 Å². The van der Waals surface area contributed by atoms with Crippen LogP contribution in [0.5, 0.6) is 0 Å². The Hall–Kier alpha value is -0.970. The normalized spacial score (nSPS) is 32.9. The molecule has 0 unspecified atom stereocenters. The van der Waals surface area contributed by atoms with E-state index in [4.69, 9.17) is 0 Å². The van der Waals surface area contributed by atoms with Gasteiger partial charge in [0.1, 0.15) is 5.01 Å². The quantitative estimate of drug-likeness (QED) is 0.647. The number of carbonyl (C=O) groups is 1. The average Bonchev–Trinajstić information content (AvgIpc) is 3.01. The van der Waals surface area contributed by atoms with Crippen molar-refractivity contribution in [1.29, 1.82) is 0 Å². The molecule has 0 spiro atoms. The molecular weight excluding hydrogens is 330 g/mol. The van der Waals surface area contributed by atoms with Gasteiger partial charge in [-0.2, -0.15) is 0 Å². The fraction of sp³-hybridized carbons (Fsp3) is 0.850. The highest BCUT2D eigenvalue weighted by Gasteiger charge is 2.54. The van der Waals surface area contributed by atoms with Crippen molar-refractivity contribution < 1.29 is 4.79 Å². The van der Waals surface area contributed by atoms with Crippen LogP contribution in [0.15, 0.2) is 0 Å². The number of anilines is 1. The van der Waals surface area contributed by atoms with Crippen LogP contribution in [0.2, 0.25) is 0 Å². The molecule has 1 N–H and O–H groups in total. The van der Waals surface area contributed by atoms with Crippen LogP contribution < -0.4 is 5.32 Å². The Kier molecular flexibility index (Phi) is 5.12. The molecular formula is C20H31N3OS. The predicted molar refractivity (Wildman–Crippen MR) is 102 cm³/mol. The molecule has 1 aromatic heterocycles. The van der Waals surface area contributed by atoms with Crippen molar-refractivity contribution in [2.45, 2.75) is 84.0 Å². The Labute approximate surface area is 155 Å². The summed E-state index contributed by atoms with van der Waals surface area (Å²) in [5.41, 5.74) is -0.0965. The number of unbranched alkanes of at least 4 members (excludes halogenated alkanes) is 4. The van der Waals surface area contributed by atoms with Gasteiger partial charge in [-0.15, -0.1) is 10.2 Å². The number of carbonyl (C=O) groups excluding carboxylic acids is 1. The van der Waals surface area contributed by atoms with Gasteiger partial charge in [0.05, 0.1) is 5.41 Å². The number of rotatable bonds is 8. The van der Waals surface area contributed by atoms with Crippen LogP contribution in [0.1, 0.15) is 82.6 Å². The van der Waals surface area contributed by atoms with Crippen LogP contribution in [0.3, 0.4) is 0 Å². The van der Waals surface area contributed by atoms with Crippen molar-refractivity contribution in [1.82, 2.24) is 10.2 Å². The van der Waals surface area contributed by atoms with Crippen molar-refractivity contribution in [3.05, 3.63) is 5.01 Å². The Morgan fingerprint density at radius 1 is 1.04 bits per heavy atom. The molecule has 5 heteroatoms. The van der Waals surface area contributed by atoms with E-state index in [-0.39, 0.29) is 11.3 Å². The van der Waals surface area contributed by atoms with E-state index in [1.54, 1.807) is 11.3 Å². The highest BCUT2D eigenvalue weighted by Crippen LogP contribution is 2.60. The number of hydrogen-bond acceptors (Lipinski definition) is 4. The summed E-state index contributed by atoms with van der Waals surface area (Å²) in [6.45, 7) is 2.24. The van der Waals surface area contributed by atoms with Gasteiger partial charge in [-0.1, -0.05) is 43.9 Å². The summed E-state index contributed by atoms with van der Waals surface area (Å²) in [5.74, 6) is 2.62. The lowest BCUT2D eigenvalue weighted by Crippen LogP contribution is -2.51. The minimum atomic E-state index is -0.0965. The zero-order valence-corrected chi connectivity index (χ0v) is 16.2. The molecule has 0 radical (unpaired) electrons. The van der Waals surface area contributed by atoms with Crippen LogP contribution in [-0.4, -0.2) is 16.1 Å². The average molecular weight is 362 g/mol. The van der Waals surface area contributed by atoms with E-state index in [1.807, 2.05) is 0 Å². The molecule has 25 heavy (non-hydrogen) atoms. The molecule has 0 atom stereocenters. The van der Waals surface area contributed by atoms with Gasteiger partial charge < -0.3 is 5.32 Å². The number of aromatic nitrogens is 2. The minimum Gasteiger partial charge on any atom is -0.300 e. The van der Waals surface area contributed by atoms with Crippen molar-refractivity contribution in [2.24, 2.45) is 23.2 Å². The molecule has 4 fully saturated rings. The first kappa shape index (κ1) is 17.4. The second kappa shape index (κ2) is 7.34. The summed E-state index contributed by atoms with van der Waals surface area (Å²) in [7, 11) is 0. The first-order valence-electron chi connectivity index (χ1n) is 10.3. The van der Waals surface area contributed by atoms with Gasteiger partial charge in [0.25, 0.3) is 0 Å². The molecule has 5 rings (SSSR count). The van der Waals surface area contributed by atoms with Gasteiger partial charge in [-0.05, 0) is 62.7 Å². The Balaban J connectivity index is 1.31. The largest absolute Gasteiger partial charge is 0.300 e. The number of aryl methyl sites for hydroxylation is 1. The number of nitrogens with one attached hydrogen (secondary N) is 1. The van der Waals surface area contributed by atoms with Crippen molar-refractivity contribution in [3.63, 3.8) is 0 Å². The molecule has 1 amide bonds. The maximum absolute atomic E-state index is 13.0. The van der Waals surface area contributed by atoms with E-state index < -0.39 is 0 Å². The highest BCUT2D eigenvalue weighted by atomic mass is 32.1. The van der Waals surface area contributed by atoms with Crippen LogP contribution in [0.4, 0.5) is 5.13 Å². The first-order chi connectivity index (χ1) is 12.2. The third kappa shape index (κ3) is 3.76. The molecule has 4 aliphatic rings. The Morgan fingerprint density at radius 3 is 2.32 bits per heavy atom. The molecule has 0 saturated heterocycles. The van der Waals surface area contributed by atoms with Gasteiger partial charge in [0.2, 0.25) is 11.0 Å². The standard InChI is InChI=1S/C20H31N3OS/c1-2-3-4-5-6-7-17-22-23-19(25-17)21-18(24)20-11-14-8-15(12-20)10-16(9-14)13-20/h14-16H,2-13H2,1H3,(H,21,23,24). The molecule has 138 valence electrons. The first-order valence-corrected chi connectivity index (χ1v) is 11.1. The van der Waals surface area contributed by atoms with Gasteiger partial charge in [-0.3, -0.25) is 4.79 Å². The monoisotopic (exact) mass is 361 g/mol. The van der Waals surface area contributed by atoms with E-state index >= 15 is 0 Å². The lowest BCUT2D eigenvalue weighted by atomic mass is 9.49. The third-order valence-electron chi connectivity index (χ3n) is 6.70. The lowest BCUT2D eigenvalue weighted by molar-refractivity contribution is -0.140. The van der Waals surface area contributed by atoms with Gasteiger partial charge in [-0.25, -0.2) is 0 Å². The Morgan fingerprint density at radius 2 is 1.68 bits per heavy atom. The fourth-order valence-corrected chi connectivity index (χ4v) is 6.68. The van der Waals surface area contributed by atoms with E-state index in [2.05, 4.69) is 22.4 Å². The van der Waals surface area contributed by atoms with Gasteiger partial charge in [0.15, 0.2) is 0 Å². The molecule has 1 heterocycles. The van der Waals surface area contributed by atoms with Crippen LogP contribution in [-0.2, 0) is 11.2 Å². The molecule has 4 bridgehead atoms. The molecule has 1 aromatic rings. The topological polar surface area (TPSA) is 54.9 Å². The van der Waals surface area contributed by atoms with E-state index in [0.717, 1.165) is 48.4 Å². The second-order valence-electron chi connectivity index (χ2n) is 8.82. The van der Waals surface area contributed by atoms with E-state index in [9.17, 15) is 4.79 Å². The number of hydrogen-bond donors (Lipinski definition) is 1. The highest BCUT2D eigenvalue weighted by molar-refractivity contribution is 7.15. The summed E-state index contributed by atoms with van der Waals surface area (Å²) in [5, 5.41) is 13.4. The summed E-state index contributed by atoms with van der Waals surface area (Å²) in [6.07, 6.45) is 14.8. The SMILES string of the molecule is CCCCCCCc1nnc(NC(=O)C23CC4CC(CC(C4)C2)C3)s1. The van der Waals surface area contributed by atoms with Crippen molar-refractivity contribution in [3.8, 4) is 0 Å². The van der Waals surface area contributed by atoms with Crippen LogP contribution in [0, 0.1) is 23.2 Å². The summed E-state index contributed by atoms with van der Waals surface area (Å²) in [6, 6.07) is 0. The van der Waals surface area contributed by atoms with Crippen molar-refractivity contribution >= 4 is 22.4 Å². The Bertz CT molecular complexity index is 577. The summed E-state index contributed by atoms with van der Waals surface area (Å²) >= 11 is 1.57. The third-order valence-corrected chi connectivity index (χ3v) is 7.60.